The smallest absolute Gasteiger partial charge is 0.258 e. The van der Waals surface area contributed by atoms with Gasteiger partial charge < -0.3 is 10.1 Å². The quantitative estimate of drug-likeness (QED) is 0.861. The summed E-state index contributed by atoms with van der Waals surface area (Å²) in [7, 11) is 0. The maximum absolute atomic E-state index is 12.3. The van der Waals surface area contributed by atoms with E-state index in [0.717, 1.165) is 23.3 Å². The van der Waals surface area contributed by atoms with Gasteiger partial charge >= 0.3 is 0 Å². The number of carbonyl (C=O) groups is 1. The average molecular weight is 337 g/mol. The first-order valence-corrected chi connectivity index (χ1v) is 9.22. The number of rotatable bonds is 5. The molecule has 3 rings (SSSR count). The van der Waals surface area contributed by atoms with Crippen LogP contribution in [0.5, 0.6) is 5.75 Å². The summed E-state index contributed by atoms with van der Waals surface area (Å²) in [6, 6.07) is 18.2. The van der Waals surface area contributed by atoms with Crippen LogP contribution in [-0.2, 0) is 4.79 Å². The molecule has 1 saturated carbocycles. The number of ether oxygens (including phenoxy) is 1. The minimum absolute atomic E-state index is 0.0335. The fraction of sp³-hybridized carbons (Fsp3) is 0.409. The highest BCUT2D eigenvalue weighted by atomic mass is 16.5. The van der Waals surface area contributed by atoms with Gasteiger partial charge in [0.2, 0.25) is 0 Å². The summed E-state index contributed by atoms with van der Waals surface area (Å²) < 4.78 is 5.84. The van der Waals surface area contributed by atoms with E-state index in [1.165, 1.54) is 12.8 Å². The standard InChI is InChI=1S/C22H27NO2/c1-16-9-8-13-20(17(16)2)23-22(24)15-25-21-14-7-6-12-19(21)18-10-4-3-5-11-18/h3-7,10-12,14,16-17,20H,8-9,13,15H2,1-2H3,(H,23,24)/t16-,17+,20-/m0/s1. The molecule has 0 heterocycles. The van der Waals surface area contributed by atoms with E-state index in [9.17, 15) is 4.79 Å². The molecule has 3 heteroatoms. The first kappa shape index (κ1) is 17.5. The Labute approximate surface area is 150 Å². The van der Waals surface area contributed by atoms with Crippen LogP contribution in [0, 0.1) is 11.8 Å². The molecule has 0 radical (unpaired) electrons. The van der Waals surface area contributed by atoms with Gasteiger partial charge in [-0.25, -0.2) is 0 Å². The van der Waals surface area contributed by atoms with Crippen molar-refractivity contribution in [3.05, 3.63) is 54.6 Å². The topological polar surface area (TPSA) is 38.3 Å². The van der Waals surface area contributed by atoms with E-state index in [2.05, 4.69) is 19.2 Å². The molecule has 3 atom stereocenters. The molecule has 0 unspecified atom stereocenters. The number of hydrogen-bond donors (Lipinski definition) is 1. The second kappa shape index (κ2) is 8.19. The van der Waals surface area contributed by atoms with Crippen molar-refractivity contribution in [2.45, 2.75) is 39.2 Å². The average Bonchev–Trinajstić information content (AvgIpc) is 2.65. The molecule has 1 fully saturated rings. The molecule has 1 aliphatic carbocycles. The van der Waals surface area contributed by atoms with Crippen LogP contribution in [0.3, 0.4) is 0 Å². The molecule has 132 valence electrons. The van der Waals surface area contributed by atoms with Gasteiger partial charge in [-0.1, -0.05) is 75.2 Å². The summed E-state index contributed by atoms with van der Waals surface area (Å²) in [6.45, 7) is 4.57. The van der Waals surface area contributed by atoms with Gasteiger partial charge in [0.05, 0.1) is 0 Å². The van der Waals surface area contributed by atoms with Gasteiger partial charge in [0.1, 0.15) is 5.75 Å². The maximum atomic E-state index is 12.3. The van der Waals surface area contributed by atoms with Crippen molar-refractivity contribution in [3.8, 4) is 16.9 Å². The van der Waals surface area contributed by atoms with Crippen LogP contribution in [0.25, 0.3) is 11.1 Å². The van der Waals surface area contributed by atoms with Crippen LogP contribution in [0.4, 0.5) is 0 Å². The Bertz CT molecular complexity index is 698. The molecule has 25 heavy (non-hydrogen) atoms. The van der Waals surface area contributed by atoms with Gasteiger partial charge in [-0.3, -0.25) is 4.79 Å². The van der Waals surface area contributed by atoms with Gasteiger partial charge in [-0.15, -0.1) is 0 Å². The molecule has 0 bridgehead atoms. The summed E-state index contributed by atoms with van der Waals surface area (Å²) in [5.74, 6) is 1.90. The Hall–Kier alpha value is -2.29. The molecular weight excluding hydrogens is 310 g/mol. The third kappa shape index (κ3) is 4.41. The van der Waals surface area contributed by atoms with Gasteiger partial charge in [-0.05, 0) is 29.9 Å². The van der Waals surface area contributed by atoms with Gasteiger partial charge in [0.25, 0.3) is 5.91 Å². The van der Waals surface area contributed by atoms with Crippen LogP contribution in [0.2, 0.25) is 0 Å². The summed E-state index contributed by atoms with van der Waals surface area (Å²) in [5, 5.41) is 3.16. The molecule has 0 aromatic heterocycles. The number of para-hydroxylation sites is 1. The monoisotopic (exact) mass is 337 g/mol. The molecule has 0 aliphatic heterocycles. The first-order valence-electron chi connectivity index (χ1n) is 9.22. The van der Waals surface area contributed by atoms with Crippen LogP contribution in [0.1, 0.15) is 33.1 Å². The SMILES string of the molecule is C[C@H]1[C@@H](NC(=O)COc2ccccc2-c2ccccc2)CCC[C@@H]1C. The summed E-state index contributed by atoms with van der Waals surface area (Å²) >= 11 is 0. The Morgan fingerprint density at radius 1 is 1.04 bits per heavy atom. The van der Waals surface area contributed by atoms with Crippen LogP contribution >= 0.6 is 0 Å². The third-order valence-corrected chi connectivity index (χ3v) is 5.38. The van der Waals surface area contributed by atoms with Crippen molar-refractivity contribution in [2.75, 3.05) is 6.61 Å². The lowest BCUT2D eigenvalue weighted by molar-refractivity contribution is -0.124. The zero-order chi connectivity index (χ0) is 17.6. The second-order valence-electron chi connectivity index (χ2n) is 7.09. The lowest BCUT2D eigenvalue weighted by Crippen LogP contribution is -2.45. The predicted molar refractivity (Wildman–Crippen MR) is 101 cm³/mol. The number of amides is 1. The Balaban J connectivity index is 1.61. The minimum atomic E-state index is -0.0335. The van der Waals surface area contributed by atoms with Crippen molar-refractivity contribution in [2.24, 2.45) is 11.8 Å². The number of nitrogens with one attached hydrogen (secondary N) is 1. The second-order valence-corrected chi connectivity index (χ2v) is 7.09. The third-order valence-electron chi connectivity index (χ3n) is 5.38. The molecule has 0 spiro atoms. The van der Waals surface area contributed by atoms with Crippen molar-refractivity contribution in [1.29, 1.82) is 0 Å². The Morgan fingerprint density at radius 3 is 2.56 bits per heavy atom. The highest BCUT2D eigenvalue weighted by molar-refractivity contribution is 5.78. The Morgan fingerprint density at radius 2 is 1.76 bits per heavy atom. The van der Waals surface area contributed by atoms with Crippen molar-refractivity contribution in [3.63, 3.8) is 0 Å². The van der Waals surface area contributed by atoms with Crippen LogP contribution in [-0.4, -0.2) is 18.6 Å². The molecule has 3 nitrogen and oxygen atoms in total. The number of hydrogen-bond acceptors (Lipinski definition) is 2. The highest BCUT2D eigenvalue weighted by Crippen LogP contribution is 2.30. The highest BCUT2D eigenvalue weighted by Gasteiger charge is 2.28. The van der Waals surface area contributed by atoms with E-state index < -0.39 is 0 Å². The Kier molecular flexibility index (Phi) is 5.75. The van der Waals surface area contributed by atoms with E-state index in [1.54, 1.807) is 0 Å². The summed E-state index contributed by atoms with van der Waals surface area (Å²) in [6.07, 6.45) is 3.51. The molecule has 1 aliphatic rings. The van der Waals surface area contributed by atoms with Gasteiger partial charge in [0.15, 0.2) is 6.61 Å². The van der Waals surface area contributed by atoms with E-state index >= 15 is 0 Å². The molecule has 2 aromatic carbocycles. The zero-order valence-corrected chi connectivity index (χ0v) is 15.1. The predicted octanol–water partition coefficient (Wildman–Crippen LogP) is 4.67. The normalized spacial score (nSPS) is 23.0. The van der Waals surface area contributed by atoms with Gasteiger partial charge in [0, 0.05) is 11.6 Å². The summed E-state index contributed by atoms with van der Waals surface area (Å²) in [4.78, 5) is 12.3. The fourth-order valence-corrected chi connectivity index (χ4v) is 3.63. The molecular formula is C22H27NO2. The van der Waals surface area contributed by atoms with Crippen LogP contribution in [0.15, 0.2) is 54.6 Å². The van der Waals surface area contributed by atoms with E-state index in [-0.39, 0.29) is 18.6 Å². The number of benzene rings is 2. The minimum Gasteiger partial charge on any atom is -0.483 e. The van der Waals surface area contributed by atoms with Crippen molar-refractivity contribution in [1.82, 2.24) is 5.32 Å². The van der Waals surface area contributed by atoms with E-state index in [1.807, 2.05) is 54.6 Å². The van der Waals surface area contributed by atoms with Crippen molar-refractivity contribution < 1.29 is 9.53 Å². The maximum Gasteiger partial charge on any atom is 0.258 e. The lowest BCUT2D eigenvalue weighted by Gasteiger charge is -2.34. The van der Waals surface area contributed by atoms with E-state index in [4.69, 9.17) is 4.74 Å². The number of carbonyl (C=O) groups excluding carboxylic acids is 1. The first-order chi connectivity index (χ1) is 12.1. The molecule has 2 aromatic rings. The zero-order valence-electron chi connectivity index (χ0n) is 15.1. The molecule has 1 amide bonds. The lowest BCUT2D eigenvalue weighted by atomic mass is 9.78. The molecule has 0 saturated heterocycles. The summed E-state index contributed by atoms with van der Waals surface area (Å²) in [5.41, 5.74) is 2.10. The largest absolute Gasteiger partial charge is 0.483 e. The van der Waals surface area contributed by atoms with Crippen molar-refractivity contribution >= 4 is 5.91 Å². The fourth-order valence-electron chi connectivity index (χ4n) is 3.63. The molecule has 1 N–H and O–H groups in total. The van der Waals surface area contributed by atoms with Crippen LogP contribution < -0.4 is 10.1 Å². The van der Waals surface area contributed by atoms with E-state index in [0.29, 0.717) is 11.8 Å². The van der Waals surface area contributed by atoms with Gasteiger partial charge in [-0.2, -0.15) is 0 Å².